The van der Waals surface area contributed by atoms with Crippen LogP contribution in [0.3, 0.4) is 0 Å². The van der Waals surface area contributed by atoms with Crippen molar-refractivity contribution in [2.45, 2.75) is 19.0 Å². The van der Waals surface area contributed by atoms with Gasteiger partial charge in [0, 0.05) is 18.9 Å². The van der Waals surface area contributed by atoms with Gasteiger partial charge >= 0.3 is 0 Å². The van der Waals surface area contributed by atoms with Crippen LogP contribution in [0.5, 0.6) is 0 Å². The number of carbonyl (C=O) groups excluding carboxylic acids is 1. The molecule has 25 heavy (non-hydrogen) atoms. The zero-order valence-corrected chi connectivity index (χ0v) is 15.2. The SMILES string of the molecule is Cc1cccc(NC(=O)CSc2nnc(-c3ccccn3)n2C)c1C. The summed E-state index contributed by atoms with van der Waals surface area (Å²) in [5, 5.41) is 12.0. The third kappa shape index (κ3) is 3.88. The van der Waals surface area contributed by atoms with Crippen molar-refractivity contribution in [2.75, 3.05) is 11.1 Å². The van der Waals surface area contributed by atoms with E-state index < -0.39 is 0 Å². The average Bonchev–Trinajstić information content (AvgIpc) is 2.99. The summed E-state index contributed by atoms with van der Waals surface area (Å²) in [5.41, 5.74) is 3.83. The summed E-state index contributed by atoms with van der Waals surface area (Å²) < 4.78 is 1.85. The molecule has 2 heterocycles. The van der Waals surface area contributed by atoms with E-state index in [1.165, 1.54) is 11.8 Å². The van der Waals surface area contributed by atoms with Crippen LogP contribution in [0.25, 0.3) is 11.5 Å². The Bertz CT molecular complexity index is 892. The molecule has 0 aliphatic heterocycles. The third-order valence-corrected chi connectivity index (χ3v) is 4.96. The second kappa shape index (κ2) is 7.48. The van der Waals surface area contributed by atoms with Crippen molar-refractivity contribution < 1.29 is 4.79 Å². The summed E-state index contributed by atoms with van der Waals surface area (Å²) in [4.78, 5) is 16.5. The van der Waals surface area contributed by atoms with Gasteiger partial charge in [-0.15, -0.1) is 10.2 Å². The van der Waals surface area contributed by atoms with E-state index in [0.717, 1.165) is 22.5 Å². The highest BCUT2D eigenvalue weighted by Crippen LogP contribution is 2.22. The number of hydrogen-bond acceptors (Lipinski definition) is 5. The number of rotatable bonds is 5. The quantitative estimate of drug-likeness (QED) is 0.713. The van der Waals surface area contributed by atoms with Gasteiger partial charge in [0.15, 0.2) is 11.0 Å². The van der Waals surface area contributed by atoms with Crippen LogP contribution in [-0.4, -0.2) is 31.4 Å². The fourth-order valence-electron chi connectivity index (χ4n) is 2.36. The van der Waals surface area contributed by atoms with Gasteiger partial charge in [-0.25, -0.2) is 0 Å². The Kier molecular flexibility index (Phi) is 5.14. The van der Waals surface area contributed by atoms with Crippen molar-refractivity contribution in [3.05, 3.63) is 53.7 Å². The Morgan fingerprint density at radius 1 is 1.16 bits per heavy atom. The zero-order valence-electron chi connectivity index (χ0n) is 14.4. The largest absolute Gasteiger partial charge is 0.325 e. The number of nitrogens with zero attached hydrogens (tertiary/aromatic N) is 4. The van der Waals surface area contributed by atoms with Crippen molar-refractivity contribution in [1.29, 1.82) is 0 Å². The Morgan fingerprint density at radius 3 is 2.76 bits per heavy atom. The van der Waals surface area contributed by atoms with Crippen LogP contribution in [0.15, 0.2) is 47.8 Å². The number of anilines is 1. The van der Waals surface area contributed by atoms with Crippen LogP contribution in [0, 0.1) is 13.8 Å². The molecule has 3 aromatic rings. The second-order valence-electron chi connectivity index (χ2n) is 5.66. The number of nitrogens with one attached hydrogen (secondary N) is 1. The number of aromatic nitrogens is 4. The van der Waals surface area contributed by atoms with Gasteiger partial charge in [0.25, 0.3) is 0 Å². The molecule has 3 rings (SSSR count). The highest BCUT2D eigenvalue weighted by molar-refractivity contribution is 7.99. The van der Waals surface area contributed by atoms with Crippen LogP contribution in [-0.2, 0) is 11.8 Å². The summed E-state index contributed by atoms with van der Waals surface area (Å²) in [6, 6.07) is 11.5. The van der Waals surface area contributed by atoms with E-state index in [4.69, 9.17) is 0 Å². The van der Waals surface area contributed by atoms with E-state index in [0.29, 0.717) is 11.0 Å². The summed E-state index contributed by atoms with van der Waals surface area (Å²) in [6.07, 6.45) is 1.72. The number of hydrogen-bond donors (Lipinski definition) is 1. The van der Waals surface area contributed by atoms with Gasteiger partial charge in [-0.1, -0.05) is 30.0 Å². The number of thioether (sulfide) groups is 1. The van der Waals surface area contributed by atoms with Crippen molar-refractivity contribution in [2.24, 2.45) is 7.05 Å². The van der Waals surface area contributed by atoms with E-state index in [9.17, 15) is 4.79 Å². The molecule has 0 unspecified atom stereocenters. The molecule has 0 saturated heterocycles. The monoisotopic (exact) mass is 353 g/mol. The molecule has 0 bridgehead atoms. The molecule has 128 valence electrons. The Labute approximate surface area is 150 Å². The predicted molar refractivity (Wildman–Crippen MR) is 99.5 cm³/mol. The summed E-state index contributed by atoms with van der Waals surface area (Å²) in [7, 11) is 1.87. The minimum atomic E-state index is -0.0684. The van der Waals surface area contributed by atoms with Gasteiger partial charge < -0.3 is 9.88 Å². The van der Waals surface area contributed by atoms with Gasteiger partial charge in [-0.3, -0.25) is 9.78 Å². The van der Waals surface area contributed by atoms with E-state index in [-0.39, 0.29) is 11.7 Å². The van der Waals surface area contributed by atoms with Gasteiger partial charge in [-0.05, 0) is 43.2 Å². The lowest BCUT2D eigenvalue weighted by molar-refractivity contribution is -0.113. The molecule has 0 atom stereocenters. The summed E-state index contributed by atoms with van der Waals surface area (Å²) >= 11 is 1.35. The molecule has 7 heteroatoms. The fourth-order valence-corrected chi connectivity index (χ4v) is 3.07. The molecule has 6 nitrogen and oxygen atoms in total. The van der Waals surface area contributed by atoms with Crippen LogP contribution in [0.4, 0.5) is 5.69 Å². The lowest BCUT2D eigenvalue weighted by atomic mass is 10.1. The molecule has 0 saturated carbocycles. The normalized spacial score (nSPS) is 10.7. The smallest absolute Gasteiger partial charge is 0.234 e. The lowest BCUT2D eigenvalue weighted by Crippen LogP contribution is -2.15. The molecule has 1 N–H and O–H groups in total. The van der Waals surface area contributed by atoms with Gasteiger partial charge in [-0.2, -0.15) is 0 Å². The zero-order chi connectivity index (χ0) is 17.8. The second-order valence-corrected chi connectivity index (χ2v) is 6.61. The first-order valence-corrected chi connectivity index (χ1v) is 8.84. The maximum atomic E-state index is 12.2. The number of amides is 1. The van der Waals surface area contributed by atoms with Crippen LogP contribution < -0.4 is 5.32 Å². The van der Waals surface area contributed by atoms with E-state index >= 15 is 0 Å². The highest BCUT2D eigenvalue weighted by Gasteiger charge is 2.14. The Balaban J connectivity index is 1.65. The minimum absolute atomic E-state index is 0.0684. The van der Waals surface area contributed by atoms with E-state index in [1.807, 2.05) is 61.9 Å². The summed E-state index contributed by atoms with van der Waals surface area (Å²) in [6.45, 7) is 4.03. The average molecular weight is 353 g/mol. The molecule has 0 radical (unpaired) electrons. The molecule has 2 aromatic heterocycles. The molecule has 1 aromatic carbocycles. The first-order chi connectivity index (χ1) is 12.1. The summed E-state index contributed by atoms with van der Waals surface area (Å²) in [5.74, 6) is 0.876. The molecule has 1 amide bonds. The van der Waals surface area contributed by atoms with Gasteiger partial charge in [0.05, 0.1) is 5.75 Å². The van der Waals surface area contributed by atoms with Crippen LogP contribution in [0.1, 0.15) is 11.1 Å². The highest BCUT2D eigenvalue weighted by atomic mass is 32.2. The van der Waals surface area contributed by atoms with Crippen molar-refractivity contribution >= 4 is 23.4 Å². The molecule has 0 aliphatic rings. The van der Waals surface area contributed by atoms with E-state index in [1.54, 1.807) is 6.20 Å². The standard InChI is InChI=1S/C18H19N5OS/c1-12-7-6-9-14(13(12)2)20-16(24)11-25-18-22-21-17(23(18)3)15-8-4-5-10-19-15/h4-10H,11H2,1-3H3,(H,20,24). The first kappa shape index (κ1) is 17.2. The molecular formula is C18H19N5OS. The van der Waals surface area contributed by atoms with Gasteiger partial charge in [0.2, 0.25) is 5.91 Å². The van der Waals surface area contributed by atoms with Crippen molar-refractivity contribution in [3.63, 3.8) is 0 Å². The van der Waals surface area contributed by atoms with Crippen LogP contribution >= 0.6 is 11.8 Å². The van der Waals surface area contributed by atoms with Gasteiger partial charge in [0.1, 0.15) is 5.69 Å². The molecule has 0 spiro atoms. The minimum Gasteiger partial charge on any atom is -0.325 e. The topological polar surface area (TPSA) is 72.7 Å². The molecule has 0 aliphatic carbocycles. The maximum Gasteiger partial charge on any atom is 0.234 e. The lowest BCUT2D eigenvalue weighted by Gasteiger charge is -2.10. The number of pyridine rings is 1. The maximum absolute atomic E-state index is 12.2. The number of carbonyl (C=O) groups is 1. The predicted octanol–water partition coefficient (Wildman–Crippen LogP) is 3.22. The van der Waals surface area contributed by atoms with Crippen LogP contribution in [0.2, 0.25) is 0 Å². The molecule has 0 fully saturated rings. The van der Waals surface area contributed by atoms with E-state index in [2.05, 4.69) is 20.5 Å². The van der Waals surface area contributed by atoms with Crippen molar-refractivity contribution in [3.8, 4) is 11.5 Å². The number of benzene rings is 1. The number of aryl methyl sites for hydroxylation is 1. The fraction of sp³-hybridized carbons (Fsp3) is 0.222. The Hall–Kier alpha value is -2.67. The third-order valence-electron chi connectivity index (χ3n) is 3.94. The van der Waals surface area contributed by atoms with Crippen molar-refractivity contribution in [1.82, 2.24) is 19.7 Å². The Morgan fingerprint density at radius 2 is 2.00 bits per heavy atom. The first-order valence-electron chi connectivity index (χ1n) is 7.86. The molecular weight excluding hydrogens is 334 g/mol.